The Kier molecular flexibility index (Phi) is 7.42. The number of morpholine rings is 1. The standard InChI is InChI=1S/C28H34N4O3/c33-27(30-23-7-2-1-3-8-23)22-12-10-21(11-13-22)6-5-15-32-20-24(26-25(32)9-4-14-29-26)28(34)31-16-18-35-19-17-31/h4,9-14,20,23H,1-3,5-8,15-19H2,(H,30,33). The van der Waals surface area contributed by atoms with Gasteiger partial charge in [0.25, 0.3) is 11.8 Å². The number of hydrogen-bond acceptors (Lipinski definition) is 4. The van der Waals surface area contributed by atoms with Crippen molar-refractivity contribution in [3.8, 4) is 0 Å². The van der Waals surface area contributed by atoms with E-state index < -0.39 is 0 Å². The van der Waals surface area contributed by atoms with Crippen LogP contribution in [0.25, 0.3) is 11.0 Å². The molecule has 2 amide bonds. The average molecular weight is 475 g/mol. The van der Waals surface area contributed by atoms with E-state index in [1.165, 1.54) is 24.8 Å². The molecule has 2 aromatic heterocycles. The summed E-state index contributed by atoms with van der Waals surface area (Å²) in [7, 11) is 0. The van der Waals surface area contributed by atoms with Crippen LogP contribution in [0.4, 0.5) is 0 Å². The Morgan fingerprint density at radius 2 is 1.80 bits per heavy atom. The predicted molar refractivity (Wildman–Crippen MR) is 136 cm³/mol. The Bertz CT molecular complexity index is 1160. The molecule has 2 aliphatic rings. The molecule has 7 heteroatoms. The SMILES string of the molecule is O=C(NC1CCCCC1)c1ccc(CCCn2cc(C(=O)N3CCOCC3)c3ncccc32)cc1. The van der Waals surface area contributed by atoms with Gasteiger partial charge in [0.15, 0.2) is 0 Å². The van der Waals surface area contributed by atoms with Crippen molar-refractivity contribution in [1.29, 1.82) is 0 Å². The summed E-state index contributed by atoms with van der Waals surface area (Å²) in [6, 6.07) is 12.2. The van der Waals surface area contributed by atoms with Crippen molar-refractivity contribution >= 4 is 22.8 Å². The van der Waals surface area contributed by atoms with E-state index >= 15 is 0 Å². The number of aromatic nitrogens is 2. The lowest BCUT2D eigenvalue weighted by atomic mass is 9.95. The van der Waals surface area contributed by atoms with Crippen LogP contribution >= 0.6 is 0 Å². The van der Waals surface area contributed by atoms with Gasteiger partial charge in [0.1, 0.15) is 5.52 Å². The number of hydrogen-bond donors (Lipinski definition) is 1. The van der Waals surface area contributed by atoms with Crippen LogP contribution in [-0.2, 0) is 17.7 Å². The molecule has 0 bridgehead atoms. The van der Waals surface area contributed by atoms with Crippen molar-refractivity contribution in [2.75, 3.05) is 26.3 Å². The number of benzene rings is 1. The first kappa shape index (κ1) is 23.5. The van der Waals surface area contributed by atoms with E-state index in [-0.39, 0.29) is 11.8 Å². The summed E-state index contributed by atoms with van der Waals surface area (Å²) in [5.41, 5.74) is 4.35. The maximum atomic E-state index is 13.1. The van der Waals surface area contributed by atoms with Gasteiger partial charge in [-0.05, 0) is 55.5 Å². The Morgan fingerprint density at radius 1 is 1.03 bits per heavy atom. The van der Waals surface area contributed by atoms with Crippen LogP contribution in [0.15, 0.2) is 48.8 Å². The fourth-order valence-electron chi connectivity index (χ4n) is 5.19. The van der Waals surface area contributed by atoms with Crippen LogP contribution in [0.3, 0.4) is 0 Å². The summed E-state index contributed by atoms with van der Waals surface area (Å²) in [5.74, 6) is 0.0602. The molecule has 0 radical (unpaired) electrons. The lowest BCUT2D eigenvalue weighted by Gasteiger charge is -2.26. The molecule has 1 aliphatic heterocycles. The van der Waals surface area contributed by atoms with E-state index in [1.807, 2.05) is 35.4 Å². The van der Waals surface area contributed by atoms with Crippen molar-refractivity contribution in [2.45, 2.75) is 57.5 Å². The van der Waals surface area contributed by atoms with Gasteiger partial charge < -0.3 is 19.5 Å². The highest BCUT2D eigenvalue weighted by molar-refractivity contribution is 6.05. The maximum absolute atomic E-state index is 13.1. The molecule has 3 heterocycles. The maximum Gasteiger partial charge on any atom is 0.257 e. The van der Waals surface area contributed by atoms with E-state index in [0.29, 0.717) is 37.9 Å². The van der Waals surface area contributed by atoms with Gasteiger partial charge in [0.2, 0.25) is 0 Å². The number of amides is 2. The highest BCUT2D eigenvalue weighted by Gasteiger charge is 2.23. The summed E-state index contributed by atoms with van der Waals surface area (Å²) in [5, 5.41) is 3.19. The van der Waals surface area contributed by atoms with Gasteiger partial charge in [-0.25, -0.2) is 0 Å². The monoisotopic (exact) mass is 474 g/mol. The minimum Gasteiger partial charge on any atom is -0.378 e. The average Bonchev–Trinajstić information content (AvgIpc) is 3.28. The molecule has 1 aromatic carbocycles. The Balaban J connectivity index is 1.20. The zero-order valence-electron chi connectivity index (χ0n) is 20.2. The smallest absolute Gasteiger partial charge is 0.257 e. The summed E-state index contributed by atoms with van der Waals surface area (Å²) < 4.78 is 7.53. The molecule has 5 rings (SSSR count). The summed E-state index contributed by atoms with van der Waals surface area (Å²) in [6.45, 7) is 3.19. The van der Waals surface area contributed by atoms with Gasteiger partial charge in [-0.1, -0.05) is 31.4 Å². The number of pyridine rings is 1. The molecule has 0 spiro atoms. The number of fused-ring (bicyclic) bond motifs is 1. The second-order valence-corrected chi connectivity index (χ2v) is 9.62. The fourth-order valence-corrected chi connectivity index (χ4v) is 5.19. The topological polar surface area (TPSA) is 76.5 Å². The third-order valence-corrected chi connectivity index (χ3v) is 7.19. The highest BCUT2D eigenvalue weighted by atomic mass is 16.5. The fraction of sp³-hybridized carbons (Fsp3) is 0.464. The van der Waals surface area contributed by atoms with Crippen LogP contribution in [-0.4, -0.2) is 58.6 Å². The third kappa shape index (κ3) is 5.56. The van der Waals surface area contributed by atoms with E-state index in [2.05, 4.69) is 27.0 Å². The first-order valence-electron chi connectivity index (χ1n) is 12.9. The number of carbonyl (C=O) groups excluding carboxylic acids is 2. The van der Waals surface area contributed by atoms with Gasteiger partial charge in [-0.3, -0.25) is 14.6 Å². The lowest BCUT2D eigenvalue weighted by Crippen LogP contribution is -2.40. The molecular formula is C28H34N4O3. The second kappa shape index (κ2) is 11.0. The molecule has 1 N–H and O–H groups in total. The third-order valence-electron chi connectivity index (χ3n) is 7.19. The predicted octanol–water partition coefficient (Wildman–Crippen LogP) is 4.20. The first-order valence-corrected chi connectivity index (χ1v) is 12.9. The van der Waals surface area contributed by atoms with Gasteiger partial charge in [-0.2, -0.15) is 0 Å². The van der Waals surface area contributed by atoms with Crippen molar-refractivity contribution in [2.24, 2.45) is 0 Å². The Morgan fingerprint density at radius 3 is 2.57 bits per heavy atom. The van der Waals surface area contributed by atoms with Crippen LogP contribution in [0.5, 0.6) is 0 Å². The molecule has 1 saturated carbocycles. The number of ether oxygens (including phenoxy) is 1. The lowest BCUT2D eigenvalue weighted by molar-refractivity contribution is 0.0304. The normalized spacial score (nSPS) is 17.0. The molecule has 7 nitrogen and oxygen atoms in total. The summed E-state index contributed by atoms with van der Waals surface area (Å²) in [4.78, 5) is 32.0. The largest absolute Gasteiger partial charge is 0.378 e. The number of nitrogens with zero attached hydrogens (tertiary/aromatic N) is 3. The van der Waals surface area contributed by atoms with Gasteiger partial charge in [0.05, 0.1) is 24.3 Å². The minimum absolute atomic E-state index is 0.0258. The van der Waals surface area contributed by atoms with Crippen LogP contribution < -0.4 is 5.32 Å². The first-order chi connectivity index (χ1) is 17.2. The van der Waals surface area contributed by atoms with Crippen LogP contribution in [0, 0.1) is 0 Å². The molecule has 35 heavy (non-hydrogen) atoms. The minimum atomic E-state index is 0.0258. The molecule has 184 valence electrons. The second-order valence-electron chi connectivity index (χ2n) is 9.62. The van der Waals surface area contributed by atoms with Crippen molar-refractivity contribution < 1.29 is 14.3 Å². The van der Waals surface area contributed by atoms with Gasteiger partial charge in [-0.15, -0.1) is 0 Å². The zero-order valence-corrected chi connectivity index (χ0v) is 20.2. The molecule has 0 unspecified atom stereocenters. The molecule has 1 aliphatic carbocycles. The van der Waals surface area contributed by atoms with Gasteiger partial charge in [0, 0.05) is 43.6 Å². The number of carbonyl (C=O) groups is 2. The van der Waals surface area contributed by atoms with Crippen LogP contribution in [0.2, 0.25) is 0 Å². The molecule has 3 aromatic rings. The van der Waals surface area contributed by atoms with E-state index in [4.69, 9.17) is 4.74 Å². The Labute approximate surface area is 206 Å². The zero-order chi connectivity index (χ0) is 24.0. The van der Waals surface area contributed by atoms with Crippen molar-refractivity contribution in [3.05, 3.63) is 65.5 Å². The molecular weight excluding hydrogens is 440 g/mol. The summed E-state index contributed by atoms with van der Waals surface area (Å²) >= 11 is 0. The van der Waals surface area contributed by atoms with Gasteiger partial charge >= 0.3 is 0 Å². The quantitative estimate of drug-likeness (QED) is 0.557. The number of nitrogens with one attached hydrogen (secondary N) is 1. The Hall–Kier alpha value is -3.19. The number of aryl methyl sites for hydroxylation is 2. The molecule has 1 saturated heterocycles. The van der Waals surface area contributed by atoms with E-state index in [0.717, 1.165) is 48.8 Å². The van der Waals surface area contributed by atoms with Crippen molar-refractivity contribution in [1.82, 2.24) is 19.8 Å². The highest BCUT2D eigenvalue weighted by Crippen LogP contribution is 2.22. The molecule has 0 atom stereocenters. The van der Waals surface area contributed by atoms with Crippen molar-refractivity contribution in [3.63, 3.8) is 0 Å². The number of rotatable bonds is 7. The summed E-state index contributed by atoms with van der Waals surface area (Å²) in [6.07, 6.45) is 11.4. The molecule has 2 fully saturated rings. The van der Waals surface area contributed by atoms with E-state index in [9.17, 15) is 9.59 Å². The van der Waals surface area contributed by atoms with Crippen LogP contribution in [0.1, 0.15) is 64.8 Å². The van der Waals surface area contributed by atoms with E-state index in [1.54, 1.807) is 6.20 Å².